The van der Waals surface area contributed by atoms with E-state index in [1.54, 1.807) is 0 Å². The standard InChI is InChI=1S/C15H25N3O/c1-12-8-15(9-12,11-16)14(19)18(3)10-13-4-6-17(2)7-5-13/h12-13H,4-10H2,1-3H3. The molecule has 0 aromatic rings. The van der Waals surface area contributed by atoms with E-state index in [9.17, 15) is 10.1 Å². The molecular formula is C15H25N3O. The van der Waals surface area contributed by atoms with E-state index in [1.165, 1.54) is 0 Å². The molecule has 2 rings (SSSR count). The molecule has 0 unspecified atom stereocenters. The van der Waals surface area contributed by atoms with Crippen LogP contribution in [0.2, 0.25) is 0 Å². The van der Waals surface area contributed by atoms with E-state index in [1.807, 2.05) is 11.9 Å². The SMILES string of the molecule is CC1CC(C#N)(C(=O)N(C)CC2CCN(C)CC2)C1. The van der Waals surface area contributed by atoms with Gasteiger partial charge in [-0.3, -0.25) is 4.79 Å². The normalized spacial score (nSPS) is 32.4. The van der Waals surface area contributed by atoms with Crippen LogP contribution in [0.25, 0.3) is 0 Å². The minimum absolute atomic E-state index is 0.0482. The van der Waals surface area contributed by atoms with Gasteiger partial charge in [0.25, 0.3) is 0 Å². The average Bonchev–Trinajstić information content (AvgIpc) is 2.36. The first-order chi connectivity index (χ1) is 8.97. The summed E-state index contributed by atoms with van der Waals surface area (Å²) >= 11 is 0. The van der Waals surface area contributed by atoms with Gasteiger partial charge in [-0.1, -0.05) is 6.92 Å². The number of piperidine rings is 1. The minimum atomic E-state index is -0.709. The molecule has 1 aliphatic heterocycles. The highest BCUT2D eigenvalue weighted by atomic mass is 16.2. The molecule has 1 aliphatic carbocycles. The smallest absolute Gasteiger partial charge is 0.242 e. The Kier molecular flexibility index (Phi) is 4.15. The first-order valence-corrected chi connectivity index (χ1v) is 7.32. The van der Waals surface area contributed by atoms with Gasteiger partial charge < -0.3 is 9.80 Å². The number of carbonyl (C=O) groups is 1. The molecule has 2 fully saturated rings. The Hall–Kier alpha value is -1.08. The summed E-state index contributed by atoms with van der Waals surface area (Å²) in [6, 6.07) is 2.27. The third kappa shape index (κ3) is 2.92. The Morgan fingerprint density at radius 2 is 2.00 bits per heavy atom. The summed E-state index contributed by atoms with van der Waals surface area (Å²) in [7, 11) is 4.01. The molecule has 2 aliphatic rings. The number of hydrogen-bond acceptors (Lipinski definition) is 3. The monoisotopic (exact) mass is 263 g/mol. The highest BCUT2D eigenvalue weighted by Crippen LogP contribution is 2.46. The molecule has 19 heavy (non-hydrogen) atoms. The van der Waals surface area contributed by atoms with Crippen molar-refractivity contribution in [3.05, 3.63) is 0 Å². The molecule has 1 saturated heterocycles. The van der Waals surface area contributed by atoms with E-state index in [2.05, 4.69) is 24.9 Å². The van der Waals surface area contributed by atoms with Crippen molar-refractivity contribution < 1.29 is 4.79 Å². The van der Waals surface area contributed by atoms with Gasteiger partial charge in [-0.15, -0.1) is 0 Å². The van der Waals surface area contributed by atoms with Gasteiger partial charge in [-0.05, 0) is 57.7 Å². The summed E-state index contributed by atoms with van der Waals surface area (Å²) in [6.45, 7) is 5.16. The summed E-state index contributed by atoms with van der Waals surface area (Å²) < 4.78 is 0. The highest BCUT2D eigenvalue weighted by Gasteiger charge is 2.50. The van der Waals surface area contributed by atoms with Crippen molar-refractivity contribution in [2.45, 2.75) is 32.6 Å². The fourth-order valence-corrected chi connectivity index (χ4v) is 3.52. The van der Waals surface area contributed by atoms with E-state index in [0.717, 1.165) is 45.3 Å². The number of carbonyl (C=O) groups excluding carboxylic acids is 1. The average molecular weight is 263 g/mol. The number of nitriles is 1. The maximum absolute atomic E-state index is 12.5. The first kappa shape index (κ1) is 14.3. The largest absolute Gasteiger partial charge is 0.344 e. The second-order valence-corrected chi connectivity index (χ2v) is 6.64. The van der Waals surface area contributed by atoms with E-state index in [4.69, 9.17) is 0 Å². The van der Waals surface area contributed by atoms with Crippen molar-refractivity contribution in [1.82, 2.24) is 9.80 Å². The molecular weight excluding hydrogens is 238 g/mol. The molecule has 1 amide bonds. The highest BCUT2D eigenvalue weighted by molar-refractivity contribution is 5.86. The minimum Gasteiger partial charge on any atom is -0.344 e. The topological polar surface area (TPSA) is 47.3 Å². The fourth-order valence-electron chi connectivity index (χ4n) is 3.52. The Labute approximate surface area is 116 Å². The zero-order valence-electron chi connectivity index (χ0n) is 12.4. The Morgan fingerprint density at radius 1 is 1.42 bits per heavy atom. The second kappa shape index (κ2) is 5.50. The van der Waals surface area contributed by atoms with Gasteiger partial charge in [-0.25, -0.2) is 0 Å². The molecule has 0 bridgehead atoms. The van der Waals surface area contributed by atoms with Crippen molar-refractivity contribution in [2.75, 3.05) is 33.7 Å². The molecule has 106 valence electrons. The summed E-state index contributed by atoms with van der Waals surface area (Å²) in [6.07, 6.45) is 3.79. The first-order valence-electron chi connectivity index (χ1n) is 7.32. The van der Waals surface area contributed by atoms with Crippen LogP contribution in [0.4, 0.5) is 0 Å². The summed E-state index contributed by atoms with van der Waals surface area (Å²) in [5, 5.41) is 9.31. The predicted molar refractivity (Wildman–Crippen MR) is 74.3 cm³/mol. The van der Waals surface area contributed by atoms with Gasteiger partial charge in [0.1, 0.15) is 5.41 Å². The van der Waals surface area contributed by atoms with Crippen molar-refractivity contribution >= 4 is 5.91 Å². The third-order valence-corrected chi connectivity index (χ3v) is 4.73. The van der Waals surface area contributed by atoms with E-state index in [-0.39, 0.29) is 5.91 Å². The summed E-state index contributed by atoms with van der Waals surface area (Å²) in [4.78, 5) is 16.6. The molecule has 0 spiro atoms. The number of rotatable bonds is 3. The predicted octanol–water partition coefficient (Wildman–Crippen LogP) is 1.73. The van der Waals surface area contributed by atoms with Gasteiger partial charge in [0.2, 0.25) is 5.91 Å². The second-order valence-electron chi connectivity index (χ2n) is 6.64. The van der Waals surface area contributed by atoms with Gasteiger partial charge >= 0.3 is 0 Å². The molecule has 4 nitrogen and oxygen atoms in total. The van der Waals surface area contributed by atoms with Crippen LogP contribution in [-0.4, -0.2) is 49.4 Å². The summed E-state index contributed by atoms with van der Waals surface area (Å²) in [5.74, 6) is 1.16. The van der Waals surface area contributed by atoms with E-state index in [0.29, 0.717) is 11.8 Å². The fraction of sp³-hybridized carbons (Fsp3) is 0.867. The van der Waals surface area contributed by atoms with Gasteiger partial charge in [0, 0.05) is 13.6 Å². The van der Waals surface area contributed by atoms with Crippen LogP contribution in [0.1, 0.15) is 32.6 Å². The van der Waals surface area contributed by atoms with Crippen LogP contribution >= 0.6 is 0 Å². The number of amides is 1. The van der Waals surface area contributed by atoms with E-state index < -0.39 is 5.41 Å². The van der Waals surface area contributed by atoms with Crippen LogP contribution in [0, 0.1) is 28.6 Å². The van der Waals surface area contributed by atoms with Crippen molar-refractivity contribution in [2.24, 2.45) is 17.3 Å². The van der Waals surface area contributed by atoms with Gasteiger partial charge in [0.05, 0.1) is 6.07 Å². The Balaban J connectivity index is 1.88. The molecule has 0 aromatic carbocycles. The van der Waals surface area contributed by atoms with Crippen LogP contribution in [0.15, 0.2) is 0 Å². The number of likely N-dealkylation sites (tertiary alicyclic amines) is 1. The van der Waals surface area contributed by atoms with E-state index >= 15 is 0 Å². The molecule has 4 heteroatoms. The Morgan fingerprint density at radius 3 is 2.47 bits per heavy atom. The maximum atomic E-state index is 12.5. The van der Waals surface area contributed by atoms with Crippen LogP contribution in [0.3, 0.4) is 0 Å². The maximum Gasteiger partial charge on any atom is 0.242 e. The lowest BCUT2D eigenvalue weighted by molar-refractivity contribution is -0.144. The number of hydrogen-bond donors (Lipinski definition) is 0. The molecule has 1 heterocycles. The lowest BCUT2D eigenvalue weighted by atomic mass is 9.62. The van der Waals surface area contributed by atoms with Gasteiger partial charge in [-0.2, -0.15) is 5.26 Å². The van der Waals surface area contributed by atoms with Gasteiger partial charge in [0.15, 0.2) is 0 Å². The van der Waals surface area contributed by atoms with Crippen molar-refractivity contribution in [1.29, 1.82) is 5.26 Å². The van der Waals surface area contributed by atoms with Crippen LogP contribution < -0.4 is 0 Å². The molecule has 0 atom stereocenters. The molecule has 0 N–H and O–H groups in total. The van der Waals surface area contributed by atoms with Crippen molar-refractivity contribution in [3.8, 4) is 6.07 Å². The lowest BCUT2D eigenvalue weighted by Gasteiger charge is -2.42. The molecule has 0 aromatic heterocycles. The van der Waals surface area contributed by atoms with Crippen molar-refractivity contribution in [3.63, 3.8) is 0 Å². The lowest BCUT2D eigenvalue weighted by Crippen LogP contribution is -2.50. The molecule has 1 saturated carbocycles. The third-order valence-electron chi connectivity index (χ3n) is 4.73. The zero-order valence-corrected chi connectivity index (χ0v) is 12.4. The summed E-state index contributed by atoms with van der Waals surface area (Å²) in [5.41, 5.74) is -0.709. The quantitative estimate of drug-likeness (QED) is 0.779. The Bertz CT molecular complexity index is 373. The van der Waals surface area contributed by atoms with Crippen LogP contribution in [-0.2, 0) is 4.79 Å². The number of nitrogens with zero attached hydrogens (tertiary/aromatic N) is 3. The molecule has 0 radical (unpaired) electrons. The zero-order chi connectivity index (χ0) is 14.0. The van der Waals surface area contributed by atoms with Crippen LogP contribution in [0.5, 0.6) is 0 Å².